The second-order valence-electron chi connectivity index (χ2n) is 8.64. The van der Waals surface area contributed by atoms with E-state index in [4.69, 9.17) is 9.73 Å². The topological polar surface area (TPSA) is 114 Å². The molecule has 2 unspecified atom stereocenters. The molecule has 192 valence electrons. The van der Waals surface area contributed by atoms with Gasteiger partial charge in [0.1, 0.15) is 0 Å². The number of benzene rings is 2. The number of nitro groups is 1. The lowest BCUT2D eigenvalue weighted by atomic mass is 9.91. The minimum Gasteiger partial charge on any atom is -0.463 e. The number of hydrogen-bond acceptors (Lipinski definition) is 8. The zero-order chi connectivity index (χ0) is 26.5. The number of amidine groups is 1. The summed E-state index contributed by atoms with van der Waals surface area (Å²) in [5.74, 6) is -0.673. The zero-order valence-electron chi connectivity index (χ0n) is 20.8. The highest BCUT2D eigenvalue weighted by atomic mass is 32.2. The summed E-state index contributed by atoms with van der Waals surface area (Å²) in [4.78, 5) is 43.8. The van der Waals surface area contributed by atoms with E-state index >= 15 is 0 Å². The standard InChI is InChI=1S/C27H28N4O5S/c1-4-17(3)28-22(32)15-21-16-37-27-29-24(18-9-7-6-8-10-18)23(26(33)36-5-2)25(30(21)27)19-11-13-20(14-12-19)31(34)35/h6-14,16-17,25H,4-5,15H2,1-3H3,(H,28,32). The Kier molecular flexibility index (Phi) is 8.08. The Morgan fingerprint density at radius 2 is 1.86 bits per heavy atom. The lowest BCUT2D eigenvalue weighted by Crippen LogP contribution is -2.39. The number of esters is 1. The normalized spacial score (nSPS) is 17.5. The molecule has 10 heteroatoms. The molecule has 2 aromatic carbocycles. The fraction of sp³-hybridized carbons (Fsp3) is 0.296. The summed E-state index contributed by atoms with van der Waals surface area (Å²) >= 11 is 1.37. The Morgan fingerprint density at radius 3 is 2.49 bits per heavy atom. The number of nitrogens with zero attached hydrogens (tertiary/aromatic N) is 3. The van der Waals surface area contributed by atoms with Gasteiger partial charge in [-0.1, -0.05) is 49.0 Å². The molecule has 0 saturated heterocycles. The van der Waals surface area contributed by atoms with Crippen molar-refractivity contribution in [3.63, 3.8) is 0 Å². The zero-order valence-corrected chi connectivity index (χ0v) is 21.7. The molecule has 37 heavy (non-hydrogen) atoms. The smallest absolute Gasteiger partial charge is 0.338 e. The first-order valence-electron chi connectivity index (χ1n) is 12.1. The fourth-order valence-corrected chi connectivity index (χ4v) is 5.09. The molecule has 2 aromatic rings. The number of hydrogen-bond donors (Lipinski definition) is 1. The van der Waals surface area contributed by atoms with Crippen LogP contribution in [0.4, 0.5) is 5.69 Å². The molecule has 0 saturated carbocycles. The Morgan fingerprint density at radius 1 is 1.16 bits per heavy atom. The average Bonchev–Trinajstić information content (AvgIpc) is 3.30. The van der Waals surface area contributed by atoms with Gasteiger partial charge < -0.3 is 15.0 Å². The largest absolute Gasteiger partial charge is 0.463 e. The average molecular weight is 521 g/mol. The van der Waals surface area contributed by atoms with Crippen LogP contribution in [0.2, 0.25) is 0 Å². The van der Waals surface area contributed by atoms with Gasteiger partial charge in [0.05, 0.1) is 35.3 Å². The maximum atomic E-state index is 13.5. The maximum absolute atomic E-state index is 13.5. The van der Waals surface area contributed by atoms with Crippen LogP contribution in [-0.4, -0.2) is 39.5 Å². The third kappa shape index (κ3) is 5.59. The SMILES string of the molecule is CCOC(=O)C1=C(c2ccccc2)N=C2SC=C(CC(=O)NC(C)CC)N2C1c1ccc([N+](=O)[O-])cc1. The summed E-state index contributed by atoms with van der Waals surface area (Å²) in [5, 5.41) is 16.7. The number of non-ortho nitro benzene ring substituents is 1. The van der Waals surface area contributed by atoms with Crippen molar-refractivity contribution >= 4 is 40.2 Å². The van der Waals surface area contributed by atoms with E-state index in [0.29, 0.717) is 27.7 Å². The van der Waals surface area contributed by atoms with E-state index in [0.717, 1.165) is 12.0 Å². The quantitative estimate of drug-likeness (QED) is 0.275. The lowest BCUT2D eigenvalue weighted by molar-refractivity contribution is -0.384. The number of carbonyl (C=O) groups excluding carboxylic acids is 2. The molecule has 2 aliphatic rings. The van der Waals surface area contributed by atoms with Gasteiger partial charge in [-0.2, -0.15) is 0 Å². The minimum atomic E-state index is -0.694. The van der Waals surface area contributed by atoms with Crippen LogP contribution in [0.3, 0.4) is 0 Å². The van der Waals surface area contributed by atoms with Gasteiger partial charge in [0.2, 0.25) is 5.91 Å². The third-order valence-corrected chi connectivity index (χ3v) is 7.02. The summed E-state index contributed by atoms with van der Waals surface area (Å²) in [6.07, 6.45) is 0.897. The van der Waals surface area contributed by atoms with Crippen molar-refractivity contribution in [2.75, 3.05) is 6.61 Å². The monoisotopic (exact) mass is 520 g/mol. The second kappa shape index (κ2) is 11.4. The van der Waals surface area contributed by atoms with Crippen LogP contribution in [0.1, 0.15) is 50.8 Å². The minimum absolute atomic E-state index is 0.0294. The molecule has 2 aliphatic heterocycles. The highest BCUT2D eigenvalue weighted by Gasteiger charge is 2.42. The lowest BCUT2D eigenvalue weighted by Gasteiger charge is -2.36. The van der Waals surface area contributed by atoms with Gasteiger partial charge in [0.15, 0.2) is 5.17 Å². The number of nitro benzene ring substituents is 1. The van der Waals surface area contributed by atoms with Crippen molar-refractivity contribution in [1.82, 2.24) is 10.2 Å². The van der Waals surface area contributed by atoms with Crippen molar-refractivity contribution < 1.29 is 19.2 Å². The molecular formula is C27H28N4O5S. The summed E-state index contributed by atoms with van der Waals surface area (Å²) in [6.45, 7) is 5.84. The van der Waals surface area contributed by atoms with E-state index in [9.17, 15) is 19.7 Å². The van der Waals surface area contributed by atoms with E-state index in [-0.39, 0.29) is 30.7 Å². The van der Waals surface area contributed by atoms with E-state index in [1.807, 2.05) is 54.5 Å². The molecule has 0 aliphatic carbocycles. The Hall–Kier alpha value is -3.92. The Labute approximate surface area is 219 Å². The van der Waals surface area contributed by atoms with Gasteiger partial charge in [0.25, 0.3) is 5.69 Å². The van der Waals surface area contributed by atoms with Crippen LogP contribution in [0.15, 0.2) is 76.3 Å². The van der Waals surface area contributed by atoms with Crippen molar-refractivity contribution in [3.8, 4) is 0 Å². The van der Waals surface area contributed by atoms with Crippen molar-refractivity contribution in [1.29, 1.82) is 0 Å². The number of thioether (sulfide) groups is 1. The Balaban J connectivity index is 1.85. The molecule has 0 aromatic heterocycles. The number of fused-ring (bicyclic) bond motifs is 1. The summed E-state index contributed by atoms with van der Waals surface area (Å²) in [6, 6.07) is 14.8. The van der Waals surface area contributed by atoms with E-state index < -0.39 is 16.9 Å². The van der Waals surface area contributed by atoms with Crippen molar-refractivity contribution in [2.45, 2.75) is 45.7 Å². The molecule has 1 amide bonds. The highest BCUT2D eigenvalue weighted by Crippen LogP contribution is 2.47. The predicted octanol–water partition coefficient (Wildman–Crippen LogP) is 5.17. The van der Waals surface area contributed by atoms with Crippen LogP contribution in [0, 0.1) is 10.1 Å². The van der Waals surface area contributed by atoms with Gasteiger partial charge in [-0.25, -0.2) is 9.79 Å². The van der Waals surface area contributed by atoms with Crippen LogP contribution in [-0.2, 0) is 14.3 Å². The fourth-order valence-electron chi connectivity index (χ4n) is 4.17. The number of amides is 1. The number of carbonyl (C=O) groups is 2. The van der Waals surface area contributed by atoms with E-state index in [1.165, 1.54) is 23.9 Å². The van der Waals surface area contributed by atoms with Gasteiger partial charge >= 0.3 is 5.97 Å². The van der Waals surface area contributed by atoms with Gasteiger partial charge in [-0.05, 0) is 43.4 Å². The van der Waals surface area contributed by atoms with Crippen LogP contribution in [0.5, 0.6) is 0 Å². The molecule has 2 atom stereocenters. The molecule has 2 heterocycles. The van der Waals surface area contributed by atoms with E-state index in [1.54, 1.807) is 19.1 Å². The highest BCUT2D eigenvalue weighted by molar-refractivity contribution is 8.16. The van der Waals surface area contributed by atoms with Crippen LogP contribution >= 0.6 is 11.8 Å². The van der Waals surface area contributed by atoms with Crippen molar-refractivity contribution in [2.24, 2.45) is 4.99 Å². The van der Waals surface area contributed by atoms with Crippen LogP contribution < -0.4 is 5.32 Å². The summed E-state index contributed by atoms with van der Waals surface area (Å²) in [7, 11) is 0. The Bertz CT molecular complexity index is 1290. The van der Waals surface area contributed by atoms with Crippen molar-refractivity contribution in [3.05, 3.63) is 92.5 Å². The first kappa shape index (κ1) is 26.2. The number of rotatable bonds is 9. The van der Waals surface area contributed by atoms with Gasteiger partial charge in [0, 0.05) is 29.4 Å². The molecular weight excluding hydrogens is 492 g/mol. The predicted molar refractivity (Wildman–Crippen MR) is 143 cm³/mol. The molecule has 0 fully saturated rings. The molecule has 4 rings (SSSR count). The number of aliphatic imine (C=N–C) groups is 1. The molecule has 1 N–H and O–H groups in total. The first-order chi connectivity index (χ1) is 17.8. The molecule has 0 radical (unpaired) electrons. The van der Waals surface area contributed by atoms with Gasteiger partial charge in [-0.15, -0.1) is 0 Å². The molecule has 0 spiro atoms. The van der Waals surface area contributed by atoms with E-state index in [2.05, 4.69) is 5.32 Å². The first-order valence-corrected chi connectivity index (χ1v) is 13.0. The number of ether oxygens (including phenoxy) is 1. The summed E-state index contributed by atoms with van der Waals surface area (Å²) in [5.41, 5.74) is 2.79. The molecule has 9 nitrogen and oxygen atoms in total. The number of nitrogens with one attached hydrogen (secondary N) is 1. The third-order valence-electron chi connectivity index (χ3n) is 6.13. The van der Waals surface area contributed by atoms with Crippen LogP contribution in [0.25, 0.3) is 5.70 Å². The summed E-state index contributed by atoms with van der Waals surface area (Å²) < 4.78 is 5.47. The van der Waals surface area contributed by atoms with Gasteiger partial charge in [-0.3, -0.25) is 14.9 Å². The molecule has 0 bridgehead atoms. The second-order valence-corrected chi connectivity index (χ2v) is 9.48. The maximum Gasteiger partial charge on any atom is 0.338 e.